The molecule has 3 heteroatoms. The molecule has 2 N–H and O–H groups in total. The maximum Gasteiger partial charge on any atom is 0.0743 e. The maximum absolute atomic E-state index is 5.66. The first-order valence-corrected chi connectivity index (χ1v) is 6.51. The fourth-order valence-electron chi connectivity index (χ4n) is 2.61. The van der Waals surface area contributed by atoms with Gasteiger partial charge in [0.05, 0.1) is 4.99 Å². The monoisotopic (exact) mass is 228 g/mol. The van der Waals surface area contributed by atoms with Crippen LogP contribution in [0.3, 0.4) is 0 Å². The van der Waals surface area contributed by atoms with Crippen molar-refractivity contribution in [2.24, 2.45) is 11.7 Å². The molecule has 2 nitrogen and oxygen atoms in total. The van der Waals surface area contributed by atoms with Crippen LogP contribution in [-0.2, 0) is 0 Å². The second-order valence-electron chi connectivity index (χ2n) is 4.83. The van der Waals surface area contributed by atoms with Crippen LogP contribution in [0.25, 0.3) is 0 Å². The van der Waals surface area contributed by atoms with E-state index in [-0.39, 0.29) is 0 Å². The highest BCUT2D eigenvalue weighted by Crippen LogP contribution is 2.26. The van der Waals surface area contributed by atoms with Gasteiger partial charge in [-0.3, -0.25) is 4.90 Å². The molecule has 0 aromatic heterocycles. The van der Waals surface area contributed by atoms with Gasteiger partial charge in [0, 0.05) is 18.5 Å². The Morgan fingerprint density at radius 3 is 2.73 bits per heavy atom. The van der Waals surface area contributed by atoms with Crippen molar-refractivity contribution in [2.45, 2.75) is 58.5 Å². The van der Waals surface area contributed by atoms with Crippen molar-refractivity contribution in [1.82, 2.24) is 4.90 Å². The van der Waals surface area contributed by atoms with Crippen LogP contribution in [0.1, 0.15) is 46.5 Å². The fourth-order valence-corrected chi connectivity index (χ4v) is 2.80. The fraction of sp³-hybridized carbons (Fsp3) is 0.917. The van der Waals surface area contributed by atoms with Crippen molar-refractivity contribution in [3.63, 3.8) is 0 Å². The quantitative estimate of drug-likeness (QED) is 0.750. The average Bonchev–Trinajstić information content (AvgIpc) is 2.19. The van der Waals surface area contributed by atoms with Gasteiger partial charge in [0.25, 0.3) is 0 Å². The summed E-state index contributed by atoms with van der Waals surface area (Å²) in [6.07, 6.45) is 4.71. The van der Waals surface area contributed by atoms with Crippen molar-refractivity contribution < 1.29 is 0 Å². The minimum absolute atomic E-state index is 0.556. The molecule has 3 atom stereocenters. The highest BCUT2D eigenvalue weighted by Gasteiger charge is 2.29. The largest absolute Gasteiger partial charge is 0.393 e. The van der Waals surface area contributed by atoms with E-state index in [9.17, 15) is 0 Å². The van der Waals surface area contributed by atoms with Crippen LogP contribution < -0.4 is 5.73 Å². The molecule has 0 bridgehead atoms. The predicted octanol–water partition coefficient (Wildman–Crippen LogP) is 2.56. The van der Waals surface area contributed by atoms with Gasteiger partial charge in [0.1, 0.15) is 0 Å². The van der Waals surface area contributed by atoms with E-state index in [4.69, 9.17) is 18.0 Å². The minimum atomic E-state index is 0.556. The second-order valence-corrected chi connectivity index (χ2v) is 5.35. The zero-order valence-electron chi connectivity index (χ0n) is 10.2. The third-order valence-electron chi connectivity index (χ3n) is 3.80. The lowest BCUT2D eigenvalue weighted by Gasteiger charge is -2.42. The van der Waals surface area contributed by atoms with E-state index in [0.717, 1.165) is 18.8 Å². The summed E-state index contributed by atoms with van der Waals surface area (Å²) in [6.45, 7) is 8.14. The van der Waals surface area contributed by atoms with Crippen LogP contribution in [0, 0.1) is 5.92 Å². The van der Waals surface area contributed by atoms with Crippen molar-refractivity contribution in [2.75, 3.05) is 6.54 Å². The Hall–Kier alpha value is -0.150. The van der Waals surface area contributed by atoms with E-state index < -0.39 is 0 Å². The molecule has 1 aliphatic rings. The molecular weight excluding hydrogens is 204 g/mol. The Labute approximate surface area is 99.2 Å². The molecule has 0 radical (unpaired) electrons. The van der Waals surface area contributed by atoms with E-state index in [1.54, 1.807) is 0 Å². The first kappa shape index (κ1) is 12.9. The molecule has 0 aliphatic carbocycles. The Morgan fingerprint density at radius 2 is 2.20 bits per heavy atom. The number of nitrogens with two attached hydrogens (primary N) is 1. The molecule has 1 fully saturated rings. The van der Waals surface area contributed by atoms with Gasteiger partial charge in [0.15, 0.2) is 0 Å². The number of piperidine rings is 1. The summed E-state index contributed by atoms with van der Waals surface area (Å²) in [5.74, 6) is 0.805. The number of rotatable bonds is 4. The van der Waals surface area contributed by atoms with E-state index in [1.165, 1.54) is 19.4 Å². The van der Waals surface area contributed by atoms with Crippen molar-refractivity contribution in [1.29, 1.82) is 0 Å². The first-order chi connectivity index (χ1) is 7.06. The molecule has 0 saturated carbocycles. The van der Waals surface area contributed by atoms with Crippen LogP contribution >= 0.6 is 12.2 Å². The summed E-state index contributed by atoms with van der Waals surface area (Å²) < 4.78 is 0. The Morgan fingerprint density at radius 1 is 1.53 bits per heavy atom. The van der Waals surface area contributed by atoms with Crippen LogP contribution in [-0.4, -0.2) is 28.5 Å². The molecule has 1 aliphatic heterocycles. The van der Waals surface area contributed by atoms with Gasteiger partial charge in [-0.1, -0.05) is 26.1 Å². The van der Waals surface area contributed by atoms with Gasteiger partial charge in [-0.25, -0.2) is 0 Å². The Kier molecular flexibility index (Phi) is 5.00. The summed E-state index contributed by atoms with van der Waals surface area (Å²) in [5, 5.41) is 0. The molecule has 3 unspecified atom stereocenters. The lowest BCUT2D eigenvalue weighted by atomic mass is 9.89. The number of nitrogens with zero attached hydrogens (tertiary/aromatic N) is 1. The molecule has 0 spiro atoms. The van der Waals surface area contributed by atoms with E-state index in [0.29, 0.717) is 17.1 Å². The third kappa shape index (κ3) is 3.42. The summed E-state index contributed by atoms with van der Waals surface area (Å²) in [4.78, 5) is 3.26. The highest BCUT2D eigenvalue weighted by atomic mass is 32.1. The number of hydrogen-bond donors (Lipinski definition) is 1. The molecular formula is C12H24N2S. The van der Waals surface area contributed by atoms with Gasteiger partial charge in [-0.15, -0.1) is 0 Å². The van der Waals surface area contributed by atoms with Gasteiger partial charge < -0.3 is 5.73 Å². The standard InChI is InChI=1S/C12H24N2S/c1-4-11(8-12(13)15)14-7-5-6-9(2)10(14)3/h9-11H,4-8H2,1-3H3,(H2,13,15). The van der Waals surface area contributed by atoms with Crippen LogP contribution in [0.15, 0.2) is 0 Å². The summed E-state index contributed by atoms with van der Waals surface area (Å²) in [6, 6.07) is 1.23. The SMILES string of the molecule is CCC(CC(N)=S)N1CCCC(C)C1C. The first-order valence-electron chi connectivity index (χ1n) is 6.10. The lowest BCUT2D eigenvalue weighted by Crippen LogP contribution is -2.49. The molecule has 1 rings (SSSR count). The minimum Gasteiger partial charge on any atom is -0.393 e. The van der Waals surface area contributed by atoms with E-state index in [2.05, 4.69) is 25.7 Å². The number of likely N-dealkylation sites (tertiary alicyclic amines) is 1. The molecule has 15 heavy (non-hydrogen) atoms. The van der Waals surface area contributed by atoms with Gasteiger partial charge in [0.2, 0.25) is 0 Å². The van der Waals surface area contributed by atoms with Crippen molar-refractivity contribution >= 4 is 17.2 Å². The second kappa shape index (κ2) is 5.80. The summed E-state index contributed by atoms with van der Waals surface area (Å²) >= 11 is 5.03. The number of hydrogen-bond acceptors (Lipinski definition) is 2. The maximum atomic E-state index is 5.66. The molecule has 88 valence electrons. The highest BCUT2D eigenvalue weighted by molar-refractivity contribution is 7.80. The van der Waals surface area contributed by atoms with Gasteiger partial charge in [-0.05, 0) is 38.6 Å². The molecule has 1 saturated heterocycles. The zero-order valence-corrected chi connectivity index (χ0v) is 11.0. The molecule has 0 aromatic carbocycles. The lowest BCUT2D eigenvalue weighted by molar-refractivity contribution is 0.0691. The third-order valence-corrected chi connectivity index (χ3v) is 3.97. The van der Waals surface area contributed by atoms with Gasteiger partial charge >= 0.3 is 0 Å². The van der Waals surface area contributed by atoms with Crippen LogP contribution in [0.5, 0.6) is 0 Å². The smallest absolute Gasteiger partial charge is 0.0743 e. The summed E-state index contributed by atoms with van der Waals surface area (Å²) in [7, 11) is 0. The zero-order chi connectivity index (χ0) is 11.4. The van der Waals surface area contributed by atoms with Gasteiger partial charge in [-0.2, -0.15) is 0 Å². The van der Waals surface area contributed by atoms with E-state index >= 15 is 0 Å². The molecule has 0 amide bonds. The number of thiocarbonyl (C=S) groups is 1. The van der Waals surface area contributed by atoms with Crippen molar-refractivity contribution in [3.8, 4) is 0 Å². The topological polar surface area (TPSA) is 29.3 Å². The van der Waals surface area contributed by atoms with Crippen molar-refractivity contribution in [3.05, 3.63) is 0 Å². The molecule has 1 heterocycles. The van der Waals surface area contributed by atoms with Crippen LogP contribution in [0.4, 0.5) is 0 Å². The van der Waals surface area contributed by atoms with Crippen LogP contribution in [0.2, 0.25) is 0 Å². The van der Waals surface area contributed by atoms with E-state index in [1.807, 2.05) is 0 Å². The predicted molar refractivity (Wildman–Crippen MR) is 70.0 cm³/mol. The average molecular weight is 228 g/mol. The normalized spacial score (nSPS) is 30.1. The Balaban J connectivity index is 2.61. The molecule has 0 aromatic rings. The Bertz CT molecular complexity index is 218. The summed E-state index contributed by atoms with van der Waals surface area (Å²) in [5.41, 5.74) is 5.66.